The third kappa shape index (κ3) is 2.42. The van der Waals surface area contributed by atoms with Crippen molar-refractivity contribution in [3.8, 4) is 6.07 Å². The summed E-state index contributed by atoms with van der Waals surface area (Å²) in [6, 6.07) is 9.67. The number of aromatic nitrogens is 5. The van der Waals surface area contributed by atoms with Gasteiger partial charge >= 0.3 is 0 Å². The summed E-state index contributed by atoms with van der Waals surface area (Å²) >= 11 is 0. The molecule has 1 aliphatic heterocycles. The SMILES string of the molecule is N#Cc1ccnc(N2CCN(c3cccc4nncn34)CC2)n1. The predicted octanol–water partition coefficient (Wildman–Crippen LogP) is 0.718. The second-order valence-corrected chi connectivity index (χ2v) is 5.27. The van der Waals surface area contributed by atoms with Gasteiger partial charge in [-0.05, 0) is 18.2 Å². The molecule has 0 amide bonds. The molecule has 114 valence electrons. The molecule has 1 aliphatic rings. The maximum absolute atomic E-state index is 8.95. The molecular formula is C15H14N8. The first kappa shape index (κ1) is 13.5. The molecule has 4 heterocycles. The van der Waals surface area contributed by atoms with Crippen molar-refractivity contribution in [3.63, 3.8) is 0 Å². The van der Waals surface area contributed by atoms with Crippen LogP contribution in [0.3, 0.4) is 0 Å². The first-order chi connectivity index (χ1) is 11.3. The normalized spacial score (nSPS) is 14.9. The van der Waals surface area contributed by atoms with Gasteiger partial charge in [-0.2, -0.15) is 5.26 Å². The Morgan fingerprint density at radius 2 is 1.87 bits per heavy atom. The number of hydrogen-bond acceptors (Lipinski definition) is 7. The topological polar surface area (TPSA) is 86.2 Å². The molecule has 0 aliphatic carbocycles. The van der Waals surface area contributed by atoms with Gasteiger partial charge in [0.05, 0.1) is 0 Å². The van der Waals surface area contributed by atoms with Crippen molar-refractivity contribution in [2.24, 2.45) is 0 Å². The summed E-state index contributed by atoms with van der Waals surface area (Å²) in [7, 11) is 0. The average molecular weight is 306 g/mol. The van der Waals surface area contributed by atoms with E-state index in [2.05, 4.69) is 42.1 Å². The van der Waals surface area contributed by atoms with Crippen LogP contribution in [0.2, 0.25) is 0 Å². The molecule has 3 aromatic rings. The molecule has 0 atom stereocenters. The molecule has 0 spiro atoms. The molecule has 1 saturated heterocycles. The number of piperazine rings is 1. The Morgan fingerprint density at radius 1 is 1.04 bits per heavy atom. The van der Waals surface area contributed by atoms with Crippen molar-refractivity contribution in [1.29, 1.82) is 5.26 Å². The van der Waals surface area contributed by atoms with Crippen LogP contribution in [0.15, 0.2) is 36.8 Å². The van der Waals surface area contributed by atoms with E-state index in [0.717, 1.165) is 37.6 Å². The lowest BCUT2D eigenvalue weighted by Crippen LogP contribution is -2.47. The quantitative estimate of drug-likeness (QED) is 0.689. The lowest BCUT2D eigenvalue weighted by atomic mass is 10.3. The number of nitrogens with zero attached hydrogens (tertiary/aromatic N) is 8. The van der Waals surface area contributed by atoms with E-state index in [1.807, 2.05) is 16.5 Å². The molecule has 8 nitrogen and oxygen atoms in total. The molecule has 0 saturated carbocycles. The van der Waals surface area contributed by atoms with Crippen LogP contribution >= 0.6 is 0 Å². The van der Waals surface area contributed by atoms with Gasteiger partial charge in [0.1, 0.15) is 23.9 Å². The summed E-state index contributed by atoms with van der Waals surface area (Å²) in [5, 5.41) is 17.0. The molecule has 1 fully saturated rings. The van der Waals surface area contributed by atoms with Gasteiger partial charge in [0.15, 0.2) is 5.65 Å². The minimum Gasteiger partial charge on any atom is -0.354 e. The summed E-state index contributed by atoms with van der Waals surface area (Å²) in [4.78, 5) is 12.9. The smallest absolute Gasteiger partial charge is 0.226 e. The molecule has 4 rings (SSSR count). The monoisotopic (exact) mass is 306 g/mol. The van der Waals surface area contributed by atoms with Gasteiger partial charge in [0.25, 0.3) is 0 Å². The summed E-state index contributed by atoms with van der Waals surface area (Å²) in [6.45, 7) is 3.29. The summed E-state index contributed by atoms with van der Waals surface area (Å²) < 4.78 is 1.99. The van der Waals surface area contributed by atoms with Crippen molar-refractivity contribution in [3.05, 3.63) is 42.5 Å². The molecular weight excluding hydrogens is 292 g/mol. The fourth-order valence-electron chi connectivity index (χ4n) is 2.79. The van der Waals surface area contributed by atoms with Gasteiger partial charge in [-0.3, -0.25) is 4.40 Å². The Labute approximate surface area is 132 Å². The van der Waals surface area contributed by atoms with Crippen LogP contribution in [-0.4, -0.2) is 50.7 Å². The van der Waals surface area contributed by atoms with Gasteiger partial charge in [0.2, 0.25) is 5.95 Å². The first-order valence-electron chi connectivity index (χ1n) is 7.37. The van der Waals surface area contributed by atoms with Gasteiger partial charge in [-0.15, -0.1) is 10.2 Å². The Balaban J connectivity index is 1.53. The lowest BCUT2D eigenvalue weighted by molar-refractivity contribution is 0.632. The van der Waals surface area contributed by atoms with E-state index in [1.165, 1.54) is 0 Å². The molecule has 0 aromatic carbocycles. The van der Waals surface area contributed by atoms with Crippen LogP contribution in [-0.2, 0) is 0 Å². The second-order valence-electron chi connectivity index (χ2n) is 5.27. The fourth-order valence-corrected chi connectivity index (χ4v) is 2.79. The van der Waals surface area contributed by atoms with E-state index >= 15 is 0 Å². The van der Waals surface area contributed by atoms with Gasteiger partial charge in [-0.25, -0.2) is 9.97 Å². The van der Waals surface area contributed by atoms with Gasteiger partial charge < -0.3 is 9.80 Å². The van der Waals surface area contributed by atoms with E-state index in [0.29, 0.717) is 11.6 Å². The highest BCUT2D eigenvalue weighted by Gasteiger charge is 2.21. The molecule has 0 bridgehead atoms. The van der Waals surface area contributed by atoms with E-state index < -0.39 is 0 Å². The number of rotatable bonds is 2. The van der Waals surface area contributed by atoms with E-state index in [-0.39, 0.29) is 0 Å². The number of nitriles is 1. The fraction of sp³-hybridized carbons (Fsp3) is 0.267. The summed E-state index contributed by atoms with van der Waals surface area (Å²) in [5.74, 6) is 1.70. The standard InChI is InChI=1S/C15H14N8/c16-10-12-4-5-17-15(19-12)22-8-6-21(7-9-22)14-3-1-2-13-20-18-11-23(13)14/h1-5,11H,6-9H2. The Kier molecular flexibility index (Phi) is 3.24. The average Bonchev–Trinajstić information content (AvgIpc) is 3.11. The minimum absolute atomic E-state index is 0.395. The Hall–Kier alpha value is -3.21. The summed E-state index contributed by atoms with van der Waals surface area (Å²) in [6.07, 6.45) is 3.36. The number of hydrogen-bond donors (Lipinski definition) is 0. The first-order valence-corrected chi connectivity index (χ1v) is 7.37. The maximum atomic E-state index is 8.95. The van der Waals surface area contributed by atoms with Crippen molar-refractivity contribution in [1.82, 2.24) is 24.6 Å². The number of fused-ring (bicyclic) bond motifs is 1. The van der Waals surface area contributed by atoms with Crippen LogP contribution in [0.5, 0.6) is 0 Å². The highest BCUT2D eigenvalue weighted by atomic mass is 15.4. The van der Waals surface area contributed by atoms with Crippen molar-refractivity contribution < 1.29 is 0 Å². The molecule has 8 heteroatoms. The van der Waals surface area contributed by atoms with Gasteiger partial charge in [-0.1, -0.05) is 6.07 Å². The Bertz CT molecular complexity index is 872. The third-order valence-corrected chi connectivity index (χ3v) is 3.96. The van der Waals surface area contributed by atoms with Crippen LogP contribution in [0.25, 0.3) is 5.65 Å². The highest BCUT2D eigenvalue weighted by Crippen LogP contribution is 2.19. The second kappa shape index (κ2) is 5.53. The van der Waals surface area contributed by atoms with Crippen LogP contribution < -0.4 is 9.80 Å². The lowest BCUT2D eigenvalue weighted by Gasteiger charge is -2.36. The zero-order chi connectivity index (χ0) is 15.6. The molecule has 0 radical (unpaired) electrons. The van der Waals surface area contributed by atoms with Crippen molar-refractivity contribution in [2.45, 2.75) is 0 Å². The van der Waals surface area contributed by atoms with E-state index in [1.54, 1.807) is 18.6 Å². The maximum Gasteiger partial charge on any atom is 0.226 e. The Morgan fingerprint density at radius 3 is 2.70 bits per heavy atom. The predicted molar refractivity (Wildman–Crippen MR) is 84.2 cm³/mol. The third-order valence-electron chi connectivity index (χ3n) is 3.96. The van der Waals surface area contributed by atoms with Crippen LogP contribution in [0.1, 0.15) is 5.69 Å². The van der Waals surface area contributed by atoms with Crippen LogP contribution in [0.4, 0.5) is 11.8 Å². The van der Waals surface area contributed by atoms with Gasteiger partial charge in [0, 0.05) is 32.4 Å². The molecule has 23 heavy (non-hydrogen) atoms. The van der Waals surface area contributed by atoms with Crippen molar-refractivity contribution in [2.75, 3.05) is 36.0 Å². The number of anilines is 2. The van der Waals surface area contributed by atoms with E-state index in [4.69, 9.17) is 5.26 Å². The molecule has 0 N–H and O–H groups in total. The molecule has 0 unspecified atom stereocenters. The zero-order valence-electron chi connectivity index (χ0n) is 12.4. The summed E-state index contributed by atoms with van der Waals surface area (Å²) in [5.41, 5.74) is 1.24. The highest BCUT2D eigenvalue weighted by molar-refractivity contribution is 5.51. The molecule has 3 aromatic heterocycles. The number of pyridine rings is 1. The largest absolute Gasteiger partial charge is 0.354 e. The minimum atomic E-state index is 0.395. The van der Waals surface area contributed by atoms with E-state index in [9.17, 15) is 0 Å². The van der Waals surface area contributed by atoms with Crippen LogP contribution in [0, 0.1) is 11.3 Å². The van der Waals surface area contributed by atoms with Crippen molar-refractivity contribution >= 4 is 17.4 Å². The zero-order valence-corrected chi connectivity index (χ0v) is 12.4.